The Hall–Kier alpha value is -0.880. The lowest BCUT2D eigenvalue weighted by Gasteiger charge is -2.14. The smallest absolute Gasteiger partial charge is 0.224 e. The van der Waals surface area contributed by atoms with Gasteiger partial charge in [-0.15, -0.1) is 6.58 Å². The van der Waals surface area contributed by atoms with Gasteiger partial charge < -0.3 is 10.4 Å². The Bertz CT molecular complexity index is 376. The summed E-state index contributed by atoms with van der Waals surface area (Å²) < 4.78 is 1.15. The van der Waals surface area contributed by atoms with Crippen LogP contribution < -0.4 is 5.32 Å². The van der Waals surface area contributed by atoms with Crippen LogP contribution in [0.15, 0.2) is 36.9 Å². The van der Waals surface area contributed by atoms with Gasteiger partial charge in [-0.05, 0) is 46.7 Å². The number of amides is 1. The van der Waals surface area contributed by atoms with E-state index in [1.54, 1.807) is 6.08 Å². The van der Waals surface area contributed by atoms with Crippen molar-refractivity contribution in [2.75, 3.05) is 6.61 Å². The zero-order valence-electron chi connectivity index (χ0n) is 9.53. The van der Waals surface area contributed by atoms with E-state index in [9.17, 15) is 4.79 Å². The lowest BCUT2D eigenvalue weighted by molar-refractivity contribution is -0.121. The van der Waals surface area contributed by atoms with Crippen LogP contribution in [-0.4, -0.2) is 23.7 Å². The van der Waals surface area contributed by atoms with Crippen LogP contribution in [-0.2, 0) is 11.2 Å². The maximum atomic E-state index is 11.7. The van der Waals surface area contributed by atoms with Crippen molar-refractivity contribution in [3.8, 4) is 0 Å². The van der Waals surface area contributed by atoms with Gasteiger partial charge in [-0.25, -0.2) is 0 Å². The van der Waals surface area contributed by atoms with Crippen LogP contribution >= 0.6 is 22.6 Å². The van der Waals surface area contributed by atoms with Gasteiger partial charge in [-0.2, -0.15) is 0 Å². The van der Waals surface area contributed by atoms with Crippen LogP contribution in [0.2, 0.25) is 0 Å². The number of carbonyl (C=O) groups is 1. The van der Waals surface area contributed by atoms with Crippen LogP contribution in [0.25, 0.3) is 0 Å². The number of halogens is 1. The highest BCUT2D eigenvalue weighted by Gasteiger charge is 2.09. The van der Waals surface area contributed by atoms with Gasteiger partial charge in [-0.1, -0.05) is 18.2 Å². The van der Waals surface area contributed by atoms with Gasteiger partial charge in [0.05, 0.1) is 19.1 Å². The predicted octanol–water partition coefficient (Wildman–Crippen LogP) is 1.89. The van der Waals surface area contributed by atoms with E-state index in [2.05, 4.69) is 34.5 Å². The largest absolute Gasteiger partial charge is 0.394 e. The van der Waals surface area contributed by atoms with Crippen LogP contribution in [0.4, 0.5) is 0 Å². The topological polar surface area (TPSA) is 49.3 Å². The minimum Gasteiger partial charge on any atom is -0.394 e. The molecule has 17 heavy (non-hydrogen) atoms. The van der Waals surface area contributed by atoms with Crippen molar-refractivity contribution in [3.63, 3.8) is 0 Å². The number of nitrogens with one attached hydrogen (secondary N) is 1. The number of hydrogen-bond donors (Lipinski definition) is 2. The minimum absolute atomic E-state index is 0.0650. The first-order valence-corrected chi connectivity index (χ1v) is 6.49. The first-order valence-electron chi connectivity index (χ1n) is 5.41. The molecule has 0 spiro atoms. The Labute approximate surface area is 115 Å². The van der Waals surface area contributed by atoms with E-state index in [-0.39, 0.29) is 18.6 Å². The van der Waals surface area contributed by atoms with Crippen molar-refractivity contribution in [2.45, 2.75) is 18.9 Å². The molecule has 0 fully saturated rings. The molecule has 4 heteroatoms. The van der Waals surface area contributed by atoms with Gasteiger partial charge in [0, 0.05) is 3.57 Å². The molecular formula is C13H16INO2. The molecule has 0 unspecified atom stereocenters. The molecule has 2 N–H and O–H groups in total. The zero-order chi connectivity index (χ0) is 12.7. The molecule has 0 heterocycles. The fourth-order valence-electron chi connectivity index (χ4n) is 1.45. The molecule has 1 aromatic carbocycles. The summed E-state index contributed by atoms with van der Waals surface area (Å²) in [6, 6.07) is 7.57. The fourth-order valence-corrected chi connectivity index (χ4v) is 1.81. The van der Waals surface area contributed by atoms with E-state index >= 15 is 0 Å². The number of carbonyl (C=O) groups excluding carboxylic acids is 1. The second-order valence-electron chi connectivity index (χ2n) is 3.77. The highest BCUT2D eigenvalue weighted by atomic mass is 127. The molecule has 0 saturated heterocycles. The quantitative estimate of drug-likeness (QED) is 0.611. The van der Waals surface area contributed by atoms with Crippen molar-refractivity contribution in [1.82, 2.24) is 5.32 Å². The molecule has 0 aliphatic carbocycles. The molecule has 0 aliphatic rings. The summed E-state index contributed by atoms with van der Waals surface area (Å²) in [4.78, 5) is 11.7. The van der Waals surface area contributed by atoms with Gasteiger partial charge >= 0.3 is 0 Å². The molecule has 1 rings (SSSR count). The summed E-state index contributed by atoms with van der Waals surface area (Å²) in [5.74, 6) is -0.0768. The van der Waals surface area contributed by atoms with Crippen LogP contribution in [0.3, 0.4) is 0 Å². The molecule has 1 amide bonds. The molecule has 1 aromatic rings. The third kappa shape index (κ3) is 5.32. The highest BCUT2D eigenvalue weighted by Crippen LogP contribution is 2.07. The lowest BCUT2D eigenvalue weighted by Crippen LogP contribution is -2.37. The van der Waals surface area contributed by atoms with E-state index in [0.717, 1.165) is 9.13 Å². The third-order valence-corrected chi connectivity index (χ3v) is 3.03. The van der Waals surface area contributed by atoms with Gasteiger partial charge in [0.15, 0.2) is 0 Å². The zero-order valence-corrected chi connectivity index (χ0v) is 11.7. The minimum atomic E-state index is -0.233. The predicted molar refractivity (Wildman–Crippen MR) is 76.7 cm³/mol. The van der Waals surface area contributed by atoms with Crippen molar-refractivity contribution in [2.24, 2.45) is 0 Å². The van der Waals surface area contributed by atoms with E-state index < -0.39 is 0 Å². The van der Waals surface area contributed by atoms with Crippen LogP contribution in [0.1, 0.15) is 12.0 Å². The maximum Gasteiger partial charge on any atom is 0.224 e. The summed E-state index contributed by atoms with van der Waals surface area (Å²) in [5.41, 5.74) is 0.971. The second-order valence-corrected chi connectivity index (χ2v) is 5.02. The standard InChI is InChI=1S/C13H16INO2/c1-2-3-12(9-16)15-13(17)8-10-4-6-11(14)7-5-10/h2,4-7,12,16H,1,3,8-9H2,(H,15,17)/t12-/m0/s1. The molecule has 0 aliphatic heterocycles. The van der Waals surface area contributed by atoms with Gasteiger partial charge in [0.25, 0.3) is 0 Å². The number of aliphatic hydroxyl groups is 1. The van der Waals surface area contributed by atoms with E-state index in [1.165, 1.54) is 0 Å². The molecular weight excluding hydrogens is 329 g/mol. The number of hydrogen-bond acceptors (Lipinski definition) is 2. The Morgan fingerprint density at radius 2 is 2.12 bits per heavy atom. The Morgan fingerprint density at radius 1 is 1.47 bits per heavy atom. The SMILES string of the molecule is C=CC[C@@H](CO)NC(=O)Cc1ccc(I)cc1. The van der Waals surface area contributed by atoms with E-state index in [1.807, 2.05) is 24.3 Å². The first kappa shape index (κ1) is 14.2. The molecule has 92 valence electrons. The molecule has 1 atom stereocenters. The maximum absolute atomic E-state index is 11.7. The normalized spacial score (nSPS) is 11.9. The highest BCUT2D eigenvalue weighted by molar-refractivity contribution is 14.1. The van der Waals surface area contributed by atoms with Crippen molar-refractivity contribution >= 4 is 28.5 Å². The Balaban J connectivity index is 2.48. The second kappa shape index (κ2) is 7.45. The van der Waals surface area contributed by atoms with Gasteiger partial charge in [0.1, 0.15) is 0 Å². The molecule has 0 aromatic heterocycles. The monoisotopic (exact) mass is 345 g/mol. The average molecular weight is 345 g/mol. The molecule has 0 bridgehead atoms. The average Bonchev–Trinajstić information content (AvgIpc) is 2.31. The number of benzene rings is 1. The molecule has 0 radical (unpaired) electrons. The van der Waals surface area contributed by atoms with Crippen LogP contribution in [0.5, 0.6) is 0 Å². The Kier molecular flexibility index (Phi) is 6.21. The first-order chi connectivity index (χ1) is 8.15. The summed E-state index contributed by atoms with van der Waals surface area (Å²) >= 11 is 2.22. The Morgan fingerprint density at radius 3 is 2.65 bits per heavy atom. The number of aliphatic hydroxyl groups excluding tert-OH is 1. The lowest BCUT2D eigenvalue weighted by atomic mass is 10.1. The molecule has 3 nitrogen and oxygen atoms in total. The number of rotatable bonds is 6. The molecule has 0 saturated carbocycles. The van der Waals surface area contributed by atoms with Crippen molar-refractivity contribution < 1.29 is 9.90 Å². The van der Waals surface area contributed by atoms with Crippen molar-refractivity contribution in [1.29, 1.82) is 0 Å². The van der Waals surface area contributed by atoms with Crippen LogP contribution in [0, 0.1) is 3.57 Å². The van der Waals surface area contributed by atoms with Crippen molar-refractivity contribution in [3.05, 3.63) is 46.1 Å². The fraction of sp³-hybridized carbons (Fsp3) is 0.308. The van der Waals surface area contributed by atoms with E-state index in [0.29, 0.717) is 12.8 Å². The summed E-state index contributed by atoms with van der Waals surface area (Å²) in [6.07, 6.45) is 2.60. The summed E-state index contributed by atoms with van der Waals surface area (Å²) in [6.45, 7) is 3.52. The summed E-state index contributed by atoms with van der Waals surface area (Å²) in [7, 11) is 0. The van der Waals surface area contributed by atoms with Gasteiger partial charge in [0.2, 0.25) is 5.91 Å². The summed E-state index contributed by atoms with van der Waals surface area (Å²) in [5, 5.41) is 11.8. The van der Waals surface area contributed by atoms with E-state index in [4.69, 9.17) is 5.11 Å². The third-order valence-electron chi connectivity index (χ3n) is 2.31. The van der Waals surface area contributed by atoms with Gasteiger partial charge in [-0.3, -0.25) is 4.79 Å².